The Kier molecular flexibility index (Phi) is 6.37. The fourth-order valence-corrected chi connectivity index (χ4v) is 2.05. The summed E-state index contributed by atoms with van der Waals surface area (Å²) in [4.78, 5) is 26.8. The zero-order valence-corrected chi connectivity index (χ0v) is 13.3. The van der Waals surface area contributed by atoms with E-state index in [9.17, 15) is 9.59 Å². The highest BCUT2D eigenvalue weighted by atomic mass is 16.5. The Balaban J connectivity index is 3.18. The van der Waals surface area contributed by atoms with Gasteiger partial charge in [-0.1, -0.05) is 19.9 Å². The Bertz CT molecular complexity index is 597. The third kappa shape index (κ3) is 4.47. The molecule has 2 amide bonds. The van der Waals surface area contributed by atoms with Crippen LogP contribution in [0.3, 0.4) is 0 Å². The average Bonchev–Trinajstić information content (AvgIpc) is 2.46. The number of carbonyl (C=O) groups is 2. The van der Waals surface area contributed by atoms with Gasteiger partial charge in [-0.2, -0.15) is 0 Å². The van der Waals surface area contributed by atoms with E-state index in [4.69, 9.17) is 10.5 Å². The number of benzene rings is 1. The molecule has 4 N–H and O–H groups in total. The number of nitrogens with two attached hydrogens (primary N) is 1. The van der Waals surface area contributed by atoms with E-state index in [1.165, 1.54) is 14.0 Å². The number of guanidine groups is 1. The van der Waals surface area contributed by atoms with Crippen LogP contribution in [0.5, 0.6) is 5.75 Å². The summed E-state index contributed by atoms with van der Waals surface area (Å²) < 4.78 is 5.20. The van der Waals surface area contributed by atoms with Crippen molar-refractivity contribution in [3.8, 4) is 5.75 Å². The largest absolute Gasteiger partial charge is 0.426 e. The second kappa shape index (κ2) is 8.02. The van der Waals surface area contributed by atoms with Crippen LogP contribution in [0.25, 0.3) is 0 Å². The van der Waals surface area contributed by atoms with Crippen LogP contribution in [-0.4, -0.2) is 25.0 Å². The minimum atomic E-state index is -0.493. The van der Waals surface area contributed by atoms with E-state index >= 15 is 0 Å². The molecule has 0 aromatic heterocycles. The second-order valence-corrected chi connectivity index (χ2v) is 4.57. The van der Waals surface area contributed by atoms with Crippen LogP contribution in [0.2, 0.25) is 0 Å². The van der Waals surface area contributed by atoms with Gasteiger partial charge in [-0.15, -0.1) is 0 Å². The lowest BCUT2D eigenvalue weighted by Gasteiger charge is -2.17. The van der Waals surface area contributed by atoms with E-state index in [-0.39, 0.29) is 5.96 Å². The number of amides is 2. The summed E-state index contributed by atoms with van der Waals surface area (Å²) in [5.41, 5.74) is 7.80. The lowest BCUT2D eigenvalue weighted by molar-refractivity contribution is -0.131. The maximum Gasteiger partial charge on any atom is 0.326 e. The van der Waals surface area contributed by atoms with Gasteiger partial charge in [-0.3, -0.25) is 15.1 Å². The maximum absolute atomic E-state index is 12.0. The van der Waals surface area contributed by atoms with Crippen LogP contribution in [0.1, 0.15) is 31.9 Å². The minimum Gasteiger partial charge on any atom is -0.426 e. The molecule has 0 radical (unpaired) electrons. The number of nitrogens with zero attached hydrogens (tertiary/aromatic N) is 1. The minimum absolute atomic E-state index is 0.0183. The van der Waals surface area contributed by atoms with Gasteiger partial charge in [0.05, 0.1) is 5.69 Å². The number of hydrogen-bond donors (Lipinski definition) is 3. The normalized spacial score (nSPS) is 11.0. The van der Waals surface area contributed by atoms with Crippen LogP contribution in [-0.2, 0) is 17.6 Å². The topological polar surface area (TPSA) is 106 Å². The van der Waals surface area contributed by atoms with Crippen molar-refractivity contribution in [1.29, 1.82) is 0 Å². The summed E-state index contributed by atoms with van der Waals surface area (Å²) in [7, 11) is 1.48. The van der Waals surface area contributed by atoms with Crippen molar-refractivity contribution in [2.24, 2.45) is 10.7 Å². The van der Waals surface area contributed by atoms with Crippen molar-refractivity contribution in [2.75, 3.05) is 12.4 Å². The number of hydrogen-bond acceptors (Lipinski definition) is 4. The summed E-state index contributed by atoms with van der Waals surface area (Å²) in [6, 6.07) is 3.07. The number of aliphatic imine (C=N–C) groups is 1. The molecule has 0 saturated heterocycles. The molecule has 0 bridgehead atoms. The SMILES string of the molecule is CCc1ccc(OC(C)=O)c(CC)c1NC(=O)NC(N)=NC. The number of carbonyl (C=O) groups excluding carboxylic acids is 2. The molecular formula is C15H22N4O3. The molecule has 0 saturated carbocycles. The van der Waals surface area contributed by atoms with Gasteiger partial charge in [0.2, 0.25) is 0 Å². The Morgan fingerprint density at radius 1 is 1.27 bits per heavy atom. The van der Waals surface area contributed by atoms with E-state index in [0.29, 0.717) is 17.9 Å². The molecular weight excluding hydrogens is 284 g/mol. The van der Waals surface area contributed by atoms with Crippen molar-refractivity contribution >= 4 is 23.6 Å². The highest BCUT2D eigenvalue weighted by molar-refractivity contribution is 6.02. The molecule has 0 atom stereocenters. The number of aryl methyl sites for hydroxylation is 1. The van der Waals surface area contributed by atoms with Crippen molar-refractivity contribution in [3.63, 3.8) is 0 Å². The lowest BCUT2D eigenvalue weighted by Crippen LogP contribution is -2.39. The Hall–Kier alpha value is -2.57. The molecule has 1 aromatic rings. The van der Waals surface area contributed by atoms with Crippen LogP contribution in [0.15, 0.2) is 17.1 Å². The Labute approximate surface area is 129 Å². The highest BCUT2D eigenvalue weighted by Crippen LogP contribution is 2.31. The van der Waals surface area contributed by atoms with E-state index in [2.05, 4.69) is 15.6 Å². The number of urea groups is 1. The van der Waals surface area contributed by atoms with Gasteiger partial charge in [0.1, 0.15) is 5.75 Å². The van der Waals surface area contributed by atoms with Crippen molar-refractivity contribution in [3.05, 3.63) is 23.3 Å². The van der Waals surface area contributed by atoms with Gasteiger partial charge in [0.15, 0.2) is 5.96 Å². The second-order valence-electron chi connectivity index (χ2n) is 4.57. The molecule has 7 nitrogen and oxygen atoms in total. The van der Waals surface area contributed by atoms with Gasteiger partial charge < -0.3 is 15.8 Å². The van der Waals surface area contributed by atoms with Crippen molar-refractivity contribution in [1.82, 2.24) is 5.32 Å². The molecule has 0 unspecified atom stereocenters. The van der Waals surface area contributed by atoms with Gasteiger partial charge in [-0.25, -0.2) is 4.79 Å². The van der Waals surface area contributed by atoms with E-state index < -0.39 is 12.0 Å². The zero-order valence-electron chi connectivity index (χ0n) is 13.3. The van der Waals surface area contributed by atoms with Crippen LogP contribution in [0.4, 0.5) is 10.5 Å². The first-order valence-corrected chi connectivity index (χ1v) is 7.06. The molecule has 0 spiro atoms. The van der Waals surface area contributed by atoms with E-state index in [1.54, 1.807) is 6.07 Å². The third-order valence-electron chi connectivity index (χ3n) is 3.07. The lowest BCUT2D eigenvalue weighted by atomic mass is 10.0. The molecule has 0 aliphatic carbocycles. The van der Waals surface area contributed by atoms with Gasteiger partial charge in [0.25, 0.3) is 0 Å². The van der Waals surface area contributed by atoms with Crippen molar-refractivity contribution < 1.29 is 14.3 Å². The van der Waals surface area contributed by atoms with Crippen LogP contribution >= 0.6 is 0 Å². The number of ether oxygens (including phenoxy) is 1. The molecule has 0 fully saturated rings. The zero-order chi connectivity index (χ0) is 16.7. The first-order chi connectivity index (χ1) is 10.4. The maximum atomic E-state index is 12.0. The Morgan fingerprint density at radius 3 is 2.45 bits per heavy atom. The average molecular weight is 306 g/mol. The predicted octanol–water partition coefficient (Wildman–Crippen LogP) is 1.80. The summed E-state index contributed by atoms with van der Waals surface area (Å²) in [5.74, 6) is 0.0566. The summed E-state index contributed by atoms with van der Waals surface area (Å²) >= 11 is 0. The van der Waals surface area contributed by atoms with E-state index in [1.807, 2.05) is 19.9 Å². The standard InChI is InChI=1S/C15H22N4O3/c1-5-10-7-8-12(22-9(3)20)11(6-2)13(10)18-15(21)19-14(16)17-4/h7-8H,5-6H2,1-4H3,(H4,16,17,18,19,21). The first-order valence-electron chi connectivity index (χ1n) is 7.06. The molecule has 0 aliphatic heterocycles. The number of nitrogens with one attached hydrogen (secondary N) is 2. The summed E-state index contributed by atoms with van der Waals surface area (Å²) in [6.45, 7) is 5.24. The number of esters is 1. The fourth-order valence-electron chi connectivity index (χ4n) is 2.05. The fraction of sp³-hybridized carbons (Fsp3) is 0.400. The molecule has 1 rings (SSSR count). The van der Waals surface area contributed by atoms with Crippen LogP contribution in [0, 0.1) is 0 Å². The number of rotatable bonds is 4. The quantitative estimate of drug-likeness (QED) is 0.341. The molecule has 1 aromatic carbocycles. The highest BCUT2D eigenvalue weighted by Gasteiger charge is 2.16. The summed E-state index contributed by atoms with van der Waals surface area (Å²) in [5, 5.41) is 5.17. The first kappa shape index (κ1) is 17.5. The summed E-state index contributed by atoms with van der Waals surface area (Å²) in [6.07, 6.45) is 1.32. The smallest absolute Gasteiger partial charge is 0.326 e. The predicted molar refractivity (Wildman–Crippen MR) is 86.2 cm³/mol. The monoisotopic (exact) mass is 306 g/mol. The molecule has 120 valence electrons. The van der Waals surface area contributed by atoms with E-state index in [0.717, 1.165) is 17.5 Å². The Morgan fingerprint density at radius 2 is 1.95 bits per heavy atom. The van der Waals surface area contributed by atoms with Gasteiger partial charge in [-0.05, 0) is 24.5 Å². The van der Waals surface area contributed by atoms with Crippen molar-refractivity contribution in [2.45, 2.75) is 33.6 Å². The molecule has 7 heteroatoms. The van der Waals surface area contributed by atoms with Gasteiger partial charge >= 0.3 is 12.0 Å². The molecule has 22 heavy (non-hydrogen) atoms. The molecule has 0 heterocycles. The van der Waals surface area contributed by atoms with Crippen LogP contribution < -0.4 is 21.1 Å². The number of anilines is 1. The third-order valence-corrected chi connectivity index (χ3v) is 3.07. The van der Waals surface area contributed by atoms with Gasteiger partial charge in [0, 0.05) is 19.5 Å². The molecule has 0 aliphatic rings.